The van der Waals surface area contributed by atoms with Crippen LogP contribution in [0.3, 0.4) is 0 Å². The summed E-state index contributed by atoms with van der Waals surface area (Å²) in [6.07, 6.45) is 5.89. The summed E-state index contributed by atoms with van der Waals surface area (Å²) in [4.78, 5) is 19.4. The molecule has 0 N–H and O–H groups in total. The zero-order chi connectivity index (χ0) is 21.3. The van der Waals surface area contributed by atoms with Gasteiger partial charge in [0.15, 0.2) is 11.6 Å². The van der Waals surface area contributed by atoms with Crippen molar-refractivity contribution in [1.82, 2.24) is 9.29 Å². The van der Waals surface area contributed by atoms with Gasteiger partial charge in [-0.05, 0) is 56.0 Å². The van der Waals surface area contributed by atoms with Gasteiger partial charge >= 0.3 is 0 Å². The highest BCUT2D eigenvalue weighted by molar-refractivity contribution is 7.89. The Kier molecular flexibility index (Phi) is 5.79. The number of hydrogen-bond acceptors (Lipinski definition) is 5. The molecule has 3 heterocycles. The van der Waals surface area contributed by atoms with Crippen LogP contribution < -0.4 is 9.64 Å². The molecule has 0 saturated carbocycles. The molecule has 0 spiro atoms. The van der Waals surface area contributed by atoms with Gasteiger partial charge < -0.3 is 4.74 Å². The van der Waals surface area contributed by atoms with Crippen molar-refractivity contribution in [1.29, 1.82) is 0 Å². The molecule has 7 nitrogen and oxygen atoms in total. The van der Waals surface area contributed by atoms with E-state index in [2.05, 4.69) is 4.98 Å². The summed E-state index contributed by atoms with van der Waals surface area (Å²) in [6, 6.07) is 8.09. The van der Waals surface area contributed by atoms with Crippen molar-refractivity contribution in [2.75, 3.05) is 18.0 Å². The van der Waals surface area contributed by atoms with Crippen molar-refractivity contribution in [2.45, 2.75) is 56.9 Å². The lowest BCUT2D eigenvalue weighted by Crippen LogP contribution is -2.43. The number of benzene rings is 1. The molecule has 4 rings (SSSR count). The van der Waals surface area contributed by atoms with Crippen LogP contribution >= 0.6 is 0 Å². The summed E-state index contributed by atoms with van der Waals surface area (Å²) in [6.45, 7) is 4.97. The predicted octanol–water partition coefficient (Wildman–Crippen LogP) is 4.20. The van der Waals surface area contributed by atoms with Gasteiger partial charge in [-0.1, -0.05) is 20.3 Å². The Morgan fingerprint density at radius 1 is 1.17 bits per heavy atom. The number of pyridine rings is 1. The van der Waals surface area contributed by atoms with Crippen LogP contribution in [0.1, 0.15) is 56.3 Å². The lowest BCUT2D eigenvalue weighted by Gasteiger charge is -2.34. The minimum Gasteiger partial charge on any atom is -0.453 e. The highest BCUT2D eigenvalue weighted by Gasteiger charge is 2.35. The van der Waals surface area contributed by atoms with Gasteiger partial charge in [0.1, 0.15) is 5.75 Å². The van der Waals surface area contributed by atoms with Crippen LogP contribution in [0.4, 0.5) is 5.82 Å². The second kappa shape index (κ2) is 8.35. The molecule has 1 saturated heterocycles. The monoisotopic (exact) mass is 429 g/mol. The number of sulfonamides is 1. The molecule has 0 radical (unpaired) electrons. The fourth-order valence-electron chi connectivity index (χ4n) is 4.22. The van der Waals surface area contributed by atoms with E-state index in [0.717, 1.165) is 32.1 Å². The van der Waals surface area contributed by atoms with Crippen molar-refractivity contribution < 1.29 is 17.9 Å². The maximum atomic E-state index is 13.4. The van der Waals surface area contributed by atoms with Gasteiger partial charge in [-0.2, -0.15) is 4.31 Å². The number of aromatic nitrogens is 1. The van der Waals surface area contributed by atoms with Gasteiger partial charge in [-0.3, -0.25) is 9.69 Å². The Hall–Kier alpha value is -2.45. The van der Waals surface area contributed by atoms with Crippen molar-refractivity contribution in [2.24, 2.45) is 0 Å². The topological polar surface area (TPSA) is 79.8 Å². The first-order chi connectivity index (χ1) is 14.5. The first-order valence-corrected chi connectivity index (χ1v) is 12.0. The number of anilines is 1. The van der Waals surface area contributed by atoms with Crippen molar-refractivity contribution in [3.05, 3.63) is 42.1 Å². The van der Waals surface area contributed by atoms with Crippen LogP contribution in [0, 0.1) is 0 Å². The Bertz CT molecular complexity index is 1050. The van der Waals surface area contributed by atoms with E-state index in [1.165, 1.54) is 12.1 Å². The van der Waals surface area contributed by atoms with Crippen LogP contribution in [-0.4, -0.2) is 42.7 Å². The predicted molar refractivity (Wildman–Crippen MR) is 115 cm³/mol. The maximum Gasteiger partial charge on any atom is 0.263 e. The molecule has 1 atom stereocenters. The summed E-state index contributed by atoms with van der Waals surface area (Å²) in [7, 11) is -3.70. The normalized spacial score (nSPS) is 19.6. The maximum absolute atomic E-state index is 13.4. The zero-order valence-electron chi connectivity index (χ0n) is 17.4. The van der Waals surface area contributed by atoms with Crippen LogP contribution in [0.2, 0.25) is 0 Å². The van der Waals surface area contributed by atoms with Crippen molar-refractivity contribution in [3.8, 4) is 11.5 Å². The van der Waals surface area contributed by atoms with Crippen LogP contribution in [-0.2, 0) is 10.0 Å². The average molecular weight is 430 g/mol. The van der Waals surface area contributed by atoms with Gasteiger partial charge in [0.2, 0.25) is 10.0 Å². The van der Waals surface area contributed by atoms with Gasteiger partial charge in [0, 0.05) is 25.3 Å². The van der Waals surface area contributed by atoms with Gasteiger partial charge in [-0.25, -0.2) is 13.4 Å². The van der Waals surface area contributed by atoms with Gasteiger partial charge in [-0.15, -0.1) is 0 Å². The van der Waals surface area contributed by atoms with E-state index in [4.69, 9.17) is 4.74 Å². The highest BCUT2D eigenvalue weighted by Crippen LogP contribution is 2.39. The first-order valence-electron chi connectivity index (χ1n) is 10.6. The number of rotatable bonds is 5. The van der Waals surface area contributed by atoms with E-state index in [-0.39, 0.29) is 22.4 Å². The van der Waals surface area contributed by atoms with E-state index >= 15 is 0 Å². The molecule has 8 heteroatoms. The average Bonchev–Trinajstić information content (AvgIpc) is 2.88. The van der Waals surface area contributed by atoms with Crippen molar-refractivity contribution >= 4 is 21.7 Å². The molecule has 2 aliphatic rings. The Balaban J connectivity index is 1.77. The number of hydrogen-bond donors (Lipinski definition) is 0. The second-order valence-corrected chi connectivity index (χ2v) is 9.61. The zero-order valence-corrected chi connectivity index (χ0v) is 18.2. The summed E-state index contributed by atoms with van der Waals surface area (Å²) in [5.74, 6) is 0.979. The molecule has 160 valence electrons. The molecular weight excluding hydrogens is 402 g/mol. The third kappa shape index (κ3) is 3.58. The largest absolute Gasteiger partial charge is 0.453 e. The van der Waals surface area contributed by atoms with Crippen LogP contribution in [0.5, 0.6) is 11.5 Å². The number of carbonyl (C=O) groups excluding carboxylic acids is 1. The first kappa shape index (κ1) is 20.8. The Morgan fingerprint density at radius 3 is 2.77 bits per heavy atom. The molecule has 1 unspecified atom stereocenters. The lowest BCUT2D eigenvalue weighted by atomic mass is 10.0. The van der Waals surface area contributed by atoms with E-state index in [1.54, 1.807) is 33.6 Å². The van der Waals surface area contributed by atoms with E-state index in [9.17, 15) is 13.2 Å². The molecule has 1 fully saturated rings. The third-order valence-corrected chi connectivity index (χ3v) is 7.70. The molecule has 1 amide bonds. The van der Waals surface area contributed by atoms with Gasteiger partial charge in [0.25, 0.3) is 5.91 Å². The molecule has 1 aromatic carbocycles. The minimum absolute atomic E-state index is 0.000411. The SMILES string of the molecule is CCCN1C(=O)c2cc(S(=O)(=O)N3CCCCC3CC)ccc2Oc2cccnc21. The minimum atomic E-state index is -3.70. The third-order valence-electron chi connectivity index (χ3n) is 5.75. The van der Waals surface area contributed by atoms with Gasteiger partial charge in [0.05, 0.1) is 10.5 Å². The molecule has 1 aromatic heterocycles. The summed E-state index contributed by atoms with van der Waals surface area (Å²) in [5, 5.41) is 0. The molecule has 30 heavy (non-hydrogen) atoms. The number of nitrogens with zero attached hydrogens (tertiary/aromatic N) is 3. The van der Waals surface area contributed by atoms with E-state index in [1.807, 2.05) is 13.8 Å². The van der Waals surface area contributed by atoms with Crippen LogP contribution in [0.25, 0.3) is 0 Å². The number of carbonyl (C=O) groups is 1. The van der Waals surface area contributed by atoms with E-state index in [0.29, 0.717) is 30.4 Å². The smallest absolute Gasteiger partial charge is 0.263 e. The van der Waals surface area contributed by atoms with Crippen molar-refractivity contribution in [3.63, 3.8) is 0 Å². The second-order valence-electron chi connectivity index (χ2n) is 7.72. The van der Waals surface area contributed by atoms with Crippen LogP contribution in [0.15, 0.2) is 41.4 Å². The highest BCUT2D eigenvalue weighted by atomic mass is 32.2. The number of piperidine rings is 1. The quantitative estimate of drug-likeness (QED) is 0.712. The Morgan fingerprint density at radius 2 is 2.00 bits per heavy atom. The fourth-order valence-corrected chi connectivity index (χ4v) is 6.01. The fraction of sp³-hybridized carbons (Fsp3) is 0.455. The molecular formula is C22H27N3O4S. The molecule has 0 aliphatic carbocycles. The van der Waals surface area contributed by atoms with E-state index < -0.39 is 10.0 Å². The number of ether oxygens (including phenoxy) is 1. The summed E-state index contributed by atoms with van der Waals surface area (Å²) < 4.78 is 34.4. The number of amides is 1. The number of fused-ring (bicyclic) bond motifs is 2. The molecule has 0 bridgehead atoms. The summed E-state index contributed by atoms with van der Waals surface area (Å²) in [5.41, 5.74) is 0.243. The Labute approximate surface area is 177 Å². The lowest BCUT2D eigenvalue weighted by molar-refractivity contribution is 0.0986. The molecule has 2 aromatic rings. The molecule has 2 aliphatic heterocycles. The summed E-state index contributed by atoms with van der Waals surface area (Å²) >= 11 is 0. The standard InChI is InChI=1S/C22H27N3O4S/c1-3-13-24-21-20(9-7-12-23-21)29-19-11-10-17(15-18(19)22(24)26)30(27,28)25-14-6-5-8-16(25)4-2/h7,9-12,15-16H,3-6,8,13-14H2,1-2H3.